The highest BCUT2D eigenvalue weighted by atomic mass is 16.7. The van der Waals surface area contributed by atoms with Crippen molar-refractivity contribution in [2.75, 3.05) is 6.54 Å². The van der Waals surface area contributed by atoms with Crippen molar-refractivity contribution in [3.63, 3.8) is 0 Å². The van der Waals surface area contributed by atoms with Crippen molar-refractivity contribution in [1.29, 1.82) is 0 Å². The lowest BCUT2D eigenvalue weighted by Crippen LogP contribution is -2.52. The zero-order valence-corrected chi connectivity index (χ0v) is 13.9. The molecule has 0 aromatic heterocycles. The summed E-state index contributed by atoms with van der Waals surface area (Å²) in [6, 6.07) is 7.03. The van der Waals surface area contributed by atoms with E-state index in [1.165, 1.54) is 4.90 Å². The minimum absolute atomic E-state index is 0.0160. The van der Waals surface area contributed by atoms with Crippen LogP contribution in [-0.4, -0.2) is 41.3 Å². The number of nitrogens with two attached hydrogens (primary N) is 1. The molecular formula is C17H23N3O4. The van der Waals surface area contributed by atoms with Crippen molar-refractivity contribution in [1.82, 2.24) is 10.4 Å². The molecule has 0 aliphatic carbocycles. The second-order valence-corrected chi connectivity index (χ2v) is 6.18. The number of carbonyl (C=O) groups is 3. The molecule has 2 amide bonds. The fraction of sp³-hybridized carbons (Fsp3) is 0.471. The maximum absolute atomic E-state index is 12.4. The topological polar surface area (TPSA) is 102 Å². The molecule has 1 aromatic rings. The standard InChI is InChI=1S/C17H23N3O4/c1-11(2)14(18)16(22)20-10-6-9-13(20)15(21)19-24-17(23)12-7-4-3-5-8-12/h3-5,7-8,11,13-14H,6,9-10,18H2,1-2H3,(H,19,21). The molecule has 0 bridgehead atoms. The van der Waals surface area contributed by atoms with Crippen LogP contribution in [0.2, 0.25) is 0 Å². The Morgan fingerprint density at radius 1 is 1.25 bits per heavy atom. The Bertz CT molecular complexity index is 603. The summed E-state index contributed by atoms with van der Waals surface area (Å²) >= 11 is 0. The maximum Gasteiger partial charge on any atom is 0.362 e. The van der Waals surface area contributed by atoms with Crippen LogP contribution in [0.3, 0.4) is 0 Å². The molecule has 1 aromatic carbocycles. The molecule has 2 atom stereocenters. The number of hydroxylamine groups is 1. The van der Waals surface area contributed by atoms with Gasteiger partial charge in [-0.05, 0) is 30.9 Å². The van der Waals surface area contributed by atoms with Gasteiger partial charge in [-0.2, -0.15) is 5.48 Å². The Labute approximate surface area is 141 Å². The lowest BCUT2D eigenvalue weighted by atomic mass is 10.0. The molecule has 2 unspecified atom stereocenters. The van der Waals surface area contributed by atoms with Crippen LogP contribution < -0.4 is 11.2 Å². The molecule has 0 radical (unpaired) electrons. The number of likely N-dealkylation sites (tertiary alicyclic amines) is 1. The van der Waals surface area contributed by atoms with E-state index in [9.17, 15) is 14.4 Å². The van der Waals surface area contributed by atoms with E-state index in [2.05, 4.69) is 5.48 Å². The Balaban J connectivity index is 1.93. The first-order chi connectivity index (χ1) is 11.4. The Kier molecular flexibility index (Phi) is 5.92. The van der Waals surface area contributed by atoms with E-state index < -0.39 is 24.0 Å². The first-order valence-corrected chi connectivity index (χ1v) is 8.04. The van der Waals surface area contributed by atoms with Gasteiger partial charge in [0.25, 0.3) is 5.91 Å². The molecule has 1 heterocycles. The molecule has 1 saturated heterocycles. The molecule has 24 heavy (non-hydrogen) atoms. The largest absolute Gasteiger partial charge is 0.362 e. The third-order valence-electron chi connectivity index (χ3n) is 4.10. The third kappa shape index (κ3) is 4.11. The van der Waals surface area contributed by atoms with Crippen LogP contribution in [0.1, 0.15) is 37.0 Å². The quantitative estimate of drug-likeness (QED) is 0.795. The fourth-order valence-electron chi connectivity index (χ4n) is 2.58. The predicted octanol–water partition coefficient (Wildman–Crippen LogP) is 0.849. The van der Waals surface area contributed by atoms with Gasteiger partial charge in [-0.15, -0.1) is 0 Å². The van der Waals surface area contributed by atoms with Crippen molar-refractivity contribution < 1.29 is 19.2 Å². The van der Waals surface area contributed by atoms with Crippen molar-refractivity contribution >= 4 is 17.8 Å². The molecule has 2 rings (SSSR count). The molecule has 7 nitrogen and oxygen atoms in total. The van der Waals surface area contributed by atoms with E-state index in [0.717, 1.165) is 0 Å². The second-order valence-electron chi connectivity index (χ2n) is 6.18. The van der Waals surface area contributed by atoms with Crippen LogP contribution in [0.15, 0.2) is 30.3 Å². The lowest BCUT2D eigenvalue weighted by Gasteiger charge is -2.27. The molecule has 130 valence electrons. The first kappa shape index (κ1) is 17.9. The molecule has 1 aliphatic rings. The van der Waals surface area contributed by atoms with Gasteiger partial charge < -0.3 is 15.5 Å². The summed E-state index contributed by atoms with van der Waals surface area (Å²) in [6.07, 6.45) is 1.23. The average Bonchev–Trinajstić information content (AvgIpc) is 3.08. The molecule has 1 fully saturated rings. The maximum atomic E-state index is 12.4. The van der Waals surface area contributed by atoms with E-state index in [1.807, 2.05) is 13.8 Å². The summed E-state index contributed by atoms with van der Waals surface area (Å²) in [5, 5.41) is 0. The summed E-state index contributed by atoms with van der Waals surface area (Å²) in [5.41, 5.74) is 8.38. The number of amides is 2. The molecule has 7 heteroatoms. The van der Waals surface area contributed by atoms with Crippen LogP contribution in [0, 0.1) is 5.92 Å². The van der Waals surface area contributed by atoms with Crippen LogP contribution in [0.4, 0.5) is 0 Å². The number of nitrogens with zero attached hydrogens (tertiary/aromatic N) is 1. The number of hydrogen-bond acceptors (Lipinski definition) is 5. The number of rotatable bonds is 4. The van der Waals surface area contributed by atoms with Gasteiger partial charge in [0.15, 0.2) is 0 Å². The van der Waals surface area contributed by atoms with Gasteiger partial charge in [-0.1, -0.05) is 32.0 Å². The fourth-order valence-corrected chi connectivity index (χ4v) is 2.58. The molecular weight excluding hydrogens is 310 g/mol. The monoisotopic (exact) mass is 333 g/mol. The van der Waals surface area contributed by atoms with E-state index in [-0.39, 0.29) is 11.8 Å². The molecule has 3 N–H and O–H groups in total. The van der Waals surface area contributed by atoms with Crippen LogP contribution in [-0.2, 0) is 14.4 Å². The van der Waals surface area contributed by atoms with Crippen LogP contribution >= 0.6 is 0 Å². The summed E-state index contributed by atoms with van der Waals surface area (Å²) in [6.45, 7) is 4.19. The summed E-state index contributed by atoms with van der Waals surface area (Å²) in [4.78, 5) is 42.8. The number of nitrogens with one attached hydrogen (secondary N) is 1. The SMILES string of the molecule is CC(C)C(N)C(=O)N1CCCC1C(=O)NOC(=O)c1ccccc1. The molecule has 1 aliphatic heterocycles. The summed E-state index contributed by atoms with van der Waals surface area (Å²) < 4.78 is 0. The zero-order chi connectivity index (χ0) is 17.7. The van der Waals surface area contributed by atoms with Crippen LogP contribution in [0.5, 0.6) is 0 Å². The molecule has 0 saturated carbocycles. The van der Waals surface area contributed by atoms with Gasteiger partial charge in [0.1, 0.15) is 6.04 Å². The summed E-state index contributed by atoms with van der Waals surface area (Å²) in [5.74, 6) is -1.44. The van der Waals surface area contributed by atoms with E-state index in [0.29, 0.717) is 24.9 Å². The zero-order valence-electron chi connectivity index (χ0n) is 13.9. The number of hydrogen-bond donors (Lipinski definition) is 2. The predicted molar refractivity (Wildman–Crippen MR) is 87.5 cm³/mol. The summed E-state index contributed by atoms with van der Waals surface area (Å²) in [7, 11) is 0. The first-order valence-electron chi connectivity index (χ1n) is 8.04. The van der Waals surface area contributed by atoms with Gasteiger partial charge in [-0.25, -0.2) is 4.79 Å². The second kappa shape index (κ2) is 7.92. The lowest BCUT2D eigenvalue weighted by molar-refractivity contribution is -0.144. The van der Waals surface area contributed by atoms with Gasteiger partial charge in [0.05, 0.1) is 11.6 Å². The van der Waals surface area contributed by atoms with E-state index in [1.54, 1.807) is 30.3 Å². The highest BCUT2D eigenvalue weighted by Gasteiger charge is 2.37. The third-order valence-corrected chi connectivity index (χ3v) is 4.10. The van der Waals surface area contributed by atoms with Gasteiger partial charge in [0.2, 0.25) is 5.91 Å². The van der Waals surface area contributed by atoms with Gasteiger partial charge in [-0.3, -0.25) is 9.59 Å². The Morgan fingerprint density at radius 3 is 2.54 bits per heavy atom. The average molecular weight is 333 g/mol. The van der Waals surface area contributed by atoms with E-state index >= 15 is 0 Å². The van der Waals surface area contributed by atoms with Crippen molar-refractivity contribution in [3.8, 4) is 0 Å². The van der Waals surface area contributed by atoms with Gasteiger partial charge >= 0.3 is 5.97 Å². The molecule has 0 spiro atoms. The minimum atomic E-state index is -0.661. The van der Waals surface area contributed by atoms with E-state index in [4.69, 9.17) is 10.6 Å². The number of carbonyl (C=O) groups excluding carboxylic acids is 3. The highest BCUT2D eigenvalue weighted by Crippen LogP contribution is 2.19. The van der Waals surface area contributed by atoms with Crippen molar-refractivity contribution in [2.24, 2.45) is 11.7 Å². The highest BCUT2D eigenvalue weighted by molar-refractivity contribution is 5.93. The Morgan fingerprint density at radius 2 is 1.92 bits per heavy atom. The smallest absolute Gasteiger partial charge is 0.335 e. The normalized spacial score (nSPS) is 18.3. The van der Waals surface area contributed by atoms with Crippen molar-refractivity contribution in [2.45, 2.75) is 38.8 Å². The minimum Gasteiger partial charge on any atom is -0.335 e. The van der Waals surface area contributed by atoms with Gasteiger partial charge in [0, 0.05) is 6.54 Å². The number of benzene rings is 1. The van der Waals surface area contributed by atoms with Crippen LogP contribution in [0.25, 0.3) is 0 Å². The Hall–Kier alpha value is -2.41. The van der Waals surface area contributed by atoms with Crippen molar-refractivity contribution in [3.05, 3.63) is 35.9 Å².